The monoisotopic (exact) mass is 526 g/mol. The molecule has 0 saturated carbocycles. The Morgan fingerprint density at radius 3 is 2.32 bits per heavy atom. The third-order valence-corrected chi connectivity index (χ3v) is 6.52. The molecule has 1 N–H and O–H groups in total. The van der Waals surface area contributed by atoms with Crippen LogP contribution in [0.4, 0.5) is 30.7 Å². The lowest BCUT2D eigenvalue weighted by atomic mass is 10.1. The van der Waals surface area contributed by atoms with Crippen LogP contribution in [-0.4, -0.2) is 31.6 Å². The molecule has 2 atom stereocenters. The lowest BCUT2D eigenvalue weighted by Gasteiger charge is -2.28. The number of fused-ring (bicyclic) bond motifs is 5. The van der Waals surface area contributed by atoms with Gasteiger partial charge >= 0.3 is 18.0 Å². The number of rotatable bonds is 2. The maximum absolute atomic E-state index is 13.7. The van der Waals surface area contributed by atoms with Gasteiger partial charge in [-0.3, -0.25) is 9.36 Å². The summed E-state index contributed by atoms with van der Waals surface area (Å²) in [6.07, 6.45) is -9.83. The Balaban J connectivity index is 1.55. The first-order valence-electron chi connectivity index (χ1n) is 10.6. The summed E-state index contributed by atoms with van der Waals surface area (Å²) < 4.78 is 94.9. The van der Waals surface area contributed by atoms with Gasteiger partial charge in [0.1, 0.15) is 11.5 Å². The number of carbonyl (C=O) groups excluding carboxylic acids is 1. The second kappa shape index (κ2) is 7.86. The summed E-state index contributed by atoms with van der Waals surface area (Å²) in [7, 11) is 0. The fourth-order valence-electron chi connectivity index (χ4n) is 4.95. The van der Waals surface area contributed by atoms with E-state index in [1.807, 2.05) is 0 Å². The molecular weight excluding hydrogens is 513 g/mol. The quantitative estimate of drug-likeness (QED) is 0.497. The zero-order chi connectivity index (χ0) is 27.0. The number of nitrogens with zero attached hydrogens (tertiary/aromatic N) is 4. The number of hydrogen-bond acceptors (Lipinski definition) is 4. The number of aromatic hydroxyl groups is 1. The molecular formula is C23H13F7N4O3. The maximum atomic E-state index is 13.7. The first kappa shape index (κ1) is 24.4. The highest BCUT2D eigenvalue weighted by atomic mass is 19.4. The summed E-state index contributed by atoms with van der Waals surface area (Å²) in [4.78, 5) is 27.2. The zero-order valence-corrected chi connectivity index (χ0v) is 18.2. The van der Waals surface area contributed by atoms with Gasteiger partial charge < -0.3 is 10.0 Å². The van der Waals surface area contributed by atoms with Crippen LogP contribution in [0.25, 0.3) is 5.69 Å². The van der Waals surface area contributed by atoms with E-state index in [-0.39, 0.29) is 24.3 Å². The smallest absolute Gasteiger partial charge is 0.419 e. The Hall–Kier alpha value is -4.28. The highest BCUT2D eigenvalue weighted by Gasteiger charge is 2.49. The molecule has 3 aromatic rings. The summed E-state index contributed by atoms with van der Waals surface area (Å²) in [6, 6.07) is 3.95. The number of nitriles is 1. The largest absolute Gasteiger partial charge is 0.493 e. The summed E-state index contributed by atoms with van der Waals surface area (Å²) in [6.45, 7) is -0.125. The molecule has 1 amide bonds. The molecule has 192 valence electrons. The lowest BCUT2D eigenvalue weighted by molar-refractivity contribution is -0.140. The highest BCUT2D eigenvalue weighted by Crippen LogP contribution is 2.49. The number of halogens is 7. The molecule has 0 spiro atoms. The normalized spacial score (nSPS) is 18.7. The second-order valence-electron chi connectivity index (χ2n) is 8.59. The summed E-state index contributed by atoms with van der Waals surface area (Å²) >= 11 is 0. The molecule has 0 aliphatic carbocycles. The molecule has 14 heteroatoms. The molecule has 2 bridgehead atoms. The van der Waals surface area contributed by atoms with Crippen molar-refractivity contribution >= 4 is 5.91 Å². The van der Waals surface area contributed by atoms with Gasteiger partial charge in [-0.15, -0.1) is 0 Å². The van der Waals surface area contributed by atoms with Crippen LogP contribution in [0.5, 0.6) is 5.88 Å². The van der Waals surface area contributed by atoms with Gasteiger partial charge in [0.2, 0.25) is 5.88 Å². The Morgan fingerprint density at radius 2 is 1.70 bits per heavy atom. The van der Waals surface area contributed by atoms with E-state index >= 15 is 0 Å². The van der Waals surface area contributed by atoms with E-state index < -0.39 is 70.0 Å². The lowest BCUT2D eigenvalue weighted by Crippen LogP contribution is -2.38. The molecule has 1 fully saturated rings. The molecule has 37 heavy (non-hydrogen) atoms. The minimum Gasteiger partial charge on any atom is -0.493 e. The van der Waals surface area contributed by atoms with E-state index in [4.69, 9.17) is 5.26 Å². The maximum Gasteiger partial charge on any atom is 0.419 e. The van der Waals surface area contributed by atoms with Crippen molar-refractivity contribution in [2.45, 2.75) is 30.9 Å². The van der Waals surface area contributed by atoms with Crippen LogP contribution in [0.2, 0.25) is 0 Å². The van der Waals surface area contributed by atoms with Gasteiger partial charge in [-0.25, -0.2) is 13.8 Å². The third kappa shape index (κ3) is 3.64. The number of alkyl halides is 6. The van der Waals surface area contributed by atoms with Crippen molar-refractivity contribution in [1.82, 2.24) is 14.0 Å². The van der Waals surface area contributed by atoms with Crippen molar-refractivity contribution in [3.8, 4) is 17.6 Å². The molecule has 2 aliphatic heterocycles. The van der Waals surface area contributed by atoms with Gasteiger partial charge in [0, 0.05) is 12.1 Å². The first-order chi connectivity index (χ1) is 17.2. The Labute approximate surface area is 202 Å². The van der Waals surface area contributed by atoms with Gasteiger partial charge in [-0.05, 0) is 42.8 Å². The number of likely N-dealkylation sites (tertiary alicyclic amines) is 1. The SMILES string of the molecule is N#Cc1ccc(-n2c(O)c3n(c2=O)[C@H]2C[C@@H]3N(C(=O)c3ccc(F)c(C(F)(F)F)c3)C2)cc1C(F)(F)F. The van der Waals surface area contributed by atoms with Crippen LogP contribution in [0.3, 0.4) is 0 Å². The van der Waals surface area contributed by atoms with E-state index in [1.165, 1.54) is 6.07 Å². The average Bonchev–Trinajstić information content (AvgIpc) is 3.48. The van der Waals surface area contributed by atoms with Gasteiger partial charge in [-0.2, -0.15) is 31.6 Å². The van der Waals surface area contributed by atoms with Crippen molar-refractivity contribution in [3.63, 3.8) is 0 Å². The van der Waals surface area contributed by atoms with Gasteiger partial charge in [-0.1, -0.05) is 0 Å². The number of amides is 1. The van der Waals surface area contributed by atoms with Crippen molar-refractivity contribution in [2.24, 2.45) is 0 Å². The van der Waals surface area contributed by atoms with Crippen molar-refractivity contribution in [2.75, 3.05) is 6.54 Å². The topological polar surface area (TPSA) is 91.3 Å². The van der Waals surface area contributed by atoms with Crippen molar-refractivity contribution < 1.29 is 40.6 Å². The zero-order valence-electron chi connectivity index (χ0n) is 18.2. The second-order valence-corrected chi connectivity index (χ2v) is 8.59. The number of benzene rings is 2. The predicted octanol–water partition coefficient (Wildman–Crippen LogP) is 4.53. The van der Waals surface area contributed by atoms with Crippen LogP contribution in [0.15, 0.2) is 41.2 Å². The average molecular weight is 526 g/mol. The molecule has 0 radical (unpaired) electrons. The Morgan fingerprint density at radius 1 is 1.03 bits per heavy atom. The third-order valence-electron chi connectivity index (χ3n) is 6.52. The van der Waals surface area contributed by atoms with Gasteiger partial charge in [0.05, 0.1) is 40.5 Å². The van der Waals surface area contributed by atoms with E-state index in [0.717, 1.165) is 27.7 Å². The fourth-order valence-corrected chi connectivity index (χ4v) is 4.95. The molecule has 3 heterocycles. The molecule has 2 aliphatic rings. The molecule has 1 saturated heterocycles. The first-order valence-corrected chi connectivity index (χ1v) is 10.6. The Kier molecular flexibility index (Phi) is 5.19. The van der Waals surface area contributed by atoms with E-state index in [2.05, 4.69) is 0 Å². The molecule has 0 unspecified atom stereocenters. The molecule has 5 rings (SSSR count). The van der Waals surface area contributed by atoms with Crippen LogP contribution in [-0.2, 0) is 12.4 Å². The van der Waals surface area contributed by atoms with E-state index in [0.29, 0.717) is 22.8 Å². The predicted molar refractivity (Wildman–Crippen MR) is 110 cm³/mol. The van der Waals surface area contributed by atoms with E-state index in [9.17, 15) is 45.4 Å². The van der Waals surface area contributed by atoms with Crippen LogP contribution >= 0.6 is 0 Å². The van der Waals surface area contributed by atoms with Gasteiger partial charge in [0.15, 0.2) is 0 Å². The minimum atomic E-state index is -5.04. The minimum absolute atomic E-state index is 0.0920. The molecule has 1 aromatic heterocycles. The van der Waals surface area contributed by atoms with Gasteiger partial charge in [0.25, 0.3) is 5.91 Å². The van der Waals surface area contributed by atoms with Crippen LogP contribution in [0.1, 0.15) is 51.2 Å². The number of hydrogen-bond donors (Lipinski definition) is 1. The van der Waals surface area contributed by atoms with Crippen molar-refractivity contribution in [1.29, 1.82) is 5.26 Å². The number of imidazole rings is 1. The van der Waals surface area contributed by atoms with Crippen LogP contribution < -0.4 is 5.69 Å². The van der Waals surface area contributed by atoms with Crippen molar-refractivity contribution in [3.05, 3.63) is 80.6 Å². The summed E-state index contributed by atoms with van der Waals surface area (Å²) in [5.41, 5.74) is -5.45. The molecule has 7 nitrogen and oxygen atoms in total. The fraction of sp³-hybridized carbons (Fsp3) is 0.261. The number of aromatic nitrogens is 2. The summed E-state index contributed by atoms with van der Waals surface area (Å²) in [5.74, 6) is -3.21. The van der Waals surface area contributed by atoms with E-state index in [1.54, 1.807) is 0 Å². The Bertz CT molecular complexity index is 1560. The molecule has 2 aromatic carbocycles. The highest BCUT2D eigenvalue weighted by molar-refractivity contribution is 5.95. The van der Waals surface area contributed by atoms with Crippen LogP contribution in [0, 0.1) is 17.1 Å². The number of carbonyl (C=O) groups is 1. The standard InChI is InChI=1S/C23H13F7N4O3/c24-16-4-2-10(5-15(16)23(28,29)30)19(35)32-9-13-7-17(32)18-20(36)34(21(37)33(13)18)12-3-1-11(8-31)14(6-12)22(25,26)27/h1-6,13,17,36H,7,9H2/t13-,17-/m0/s1. The summed E-state index contributed by atoms with van der Waals surface area (Å²) in [5, 5.41) is 19.8.